The predicted molar refractivity (Wildman–Crippen MR) is 84.6 cm³/mol. The fraction of sp³-hybridized carbons (Fsp3) is 0.294. The lowest BCUT2D eigenvalue weighted by atomic mass is 9.93. The maximum Gasteiger partial charge on any atom is 0.165 e. The van der Waals surface area contributed by atoms with E-state index in [1.54, 1.807) is 14.2 Å². The molecule has 2 aromatic carbocycles. The van der Waals surface area contributed by atoms with Gasteiger partial charge in [-0.15, -0.1) is 0 Å². The highest BCUT2D eigenvalue weighted by Crippen LogP contribution is 2.37. The lowest BCUT2D eigenvalue weighted by molar-refractivity contribution is 0.349. The van der Waals surface area contributed by atoms with Crippen LogP contribution in [0.25, 0.3) is 0 Å². The molecule has 0 spiro atoms. The monoisotopic (exact) mass is 286 g/mol. The van der Waals surface area contributed by atoms with Crippen molar-refractivity contribution in [1.29, 1.82) is 0 Å². The zero-order valence-electron chi connectivity index (χ0n) is 12.9. The van der Waals surface area contributed by atoms with Gasteiger partial charge in [-0.1, -0.05) is 35.9 Å². The molecule has 0 fully saturated rings. The number of nitrogens with one attached hydrogen (secondary N) is 1. The van der Waals surface area contributed by atoms with E-state index in [-0.39, 0.29) is 6.04 Å². The minimum absolute atomic E-state index is 0.157. The van der Waals surface area contributed by atoms with Gasteiger partial charge in [-0.05, 0) is 31.0 Å². The van der Waals surface area contributed by atoms with Crippen LogP contribution in [0.15, 0.2) is 36.4 Å². The first-order chi connectivity index (χ1) is 10.1. The van der Waals surface area contributed by atoms with Gasteiger partial charge in [-0.3, -0.25) is 5.84 Å². The van der Waals surface area contributed by atoms with E-state index in [2.05, 4.69) is 37.5 Å². The van der Waals surface area contributed by atoms with E-state index in [0.29, 0.717) is 11.5 Å². The summed E-state index contributed by atoms with van der Waals surface area (Å²) in [5.41, 5.74) is 7.34. The summed E-state index contributed by atoms with van der Waals surface area (Å²) in [7, 11) is 3.27. The summed E-state index contributed by atoms with van der Waals surface area (Å²) in [6, 6.07) is 12.0. The van der Waals surface area contributed by atoms with E-state index in [1.807, 2.05) is 18.2 Å². The number of para-hydroxylation sites is 1. The van der Waals surface area contributed by atoms with Crippen LogP contribution < -0.4 is 20.7 Å². The molecular weight excluding hydrogens is 264 g/mol. The van der Waals surface area contributed by atoms with Crippen LogP contribution in [-0.4, -0.2) is 14.2 Å². The third-order valence-electron chi connectivity index (χ3n) is 3.66. The average molecular weight is 286 g/mol. The molecule has 0 aromatic heterocycles. The maximum absolute atomic E-state index is 5.82. The van der Waals surface area contributed by atoms with E-state index in [4.69, 9.17) is 15.3 Å². The highest BCUT2D eigenvalue weighted by Gasteiger charge is 2.21. The Hall–Kier alpha value is -2.04. The molecule has 0 aliphatic rings. The number of benzene rings is 2. The van der Waals surface area contributed by atoms with Crippen molar-refractivity contribution in [2.24, 2.45) is 5.84 Å². The number of hydrogen-bond donors (Lipinski definition) is 2. The minimum atomic E-state index is -0.157. The van der Waals surface area contributed by atoms with Gasteiger partial charge < -0.3 is 9.47 Å². The fourth-order valence-corrected chi connectivity index (χ4v) is 2.56. The molecule has 2 aromatic rings. The molecule has 0 saturated heterocycles. The van der Waals surface area contributed by atoms with Crippen molar-refractivity contribution < 1.29 is 9.47 Å². The number of hydrogen-bond acceptors (Lipinski definition) is 4. The Morgan fingerprint density at radius 2 is 1.76 bits per heavy atom. The number of ether oxygens (including phenoxy) is 2. The lowest BCUT2D eigenvalue weighted by Gasteiger charge is -2.22. The van der Waals surface area contributed by atoms with Gasteiger partial charge in [-0.25, -0.2) is 5.43 Å². The average Bonchev–Trinajstić information content (AvgIpc) is 2.51. The number of aryl methyl sites for hydroxylation is 2. The fourth-order valence-electron chi connectivity index (χ4n) is 2.56. The van der Waals surface area contributed by atoms with Crippen LogP contribution in [0, 0.1) is 13.8 Å². The zero-order chi connectivity index (χ0) is 15.4. The molecule has 0 aliphatic carbocycles. The minimum Gasteiger partial charge on any atom is -0.493 e. The predicted octanol–water partition coefficient (Wildman–Crippen LogP) is 2.87. The largest absolute Gasteiger partial charge is 0.493 e. The van der Waals surface area contributed by atoms with Crippen LogP contribution in [-0.2, 0) is 0 Å². The summed E-state index contributed by atoms with van der Waals surface area (Å²) in [6.07, 6.45) is 0. The van der Waals surface area contributed by atoms with Gasteiger partial charge in [0, 0.05) is 5.56 Å². The van der Waals surface area contributed by atoms with E-state index in [1.165, 1.54) is 11.1 Å². The molecule has 21 heavy (non-hydrogen) atoms. The second kappa shape index (κ2) is 6.61. The number of hydrazine groups is 1. The number of methoxy groups -OCH3 is 2. The van der Waals surface area contributed by atoms with Crippen LogP contribution in [0.1, 0.15) is 28.3 Å². The van der Waals surface area contributed by atoms with E-state index >= 15 is 0 Å². The topological polar surface area (TPSA) is 56.5 Å². The molecule has 0 heterocycles. The summed E-state index contributed by atoms with van der Waals surface area (Å²) < 4.78 is 10.9. The van der Waals surface area contributed by atoms with Crippen molar-refractivity contribution in [3.8, 4) is 11.5 Å². The Balaban J connectivity index is 2.59. The first-order valence-electron chi connectivity index (χ1n) is 6.86. The summed E-state index contributed by atoms with van der Waals surface area (Å²) >= 11 is 0. The lowest BCUT2D eigenvalue weighted by Crippen LogP contribution is -2.29. The Labute approximate surface area is 125 Å². The summed E-state index contributed by atoms with van der Waals surface area (Å²) in [4.78, 5) is 0. The maximum atomic E-state index is 5.82. The zero-order valence-corrected chi connectivity index (χ0v) is 12.9. The van der Waals surface area contributed by atoms with Crippen LogP contribution in [0.4, 0.5) is 0 Å². The molecule has 0 bridgehead atoms. The molecule has 1 atom stereocenters. The molecule has 2 rings (SSSR count). The van der Waals surface area contributed by atoms with Crippen molar-refractivity contribution in [2.45, 2.75) is 19.9 Å². The van der Waals surface area contributed by atoms with E-state index in [0.717, 1.165) is 11.1 Å². The van der Waals surface area contributed by atoms with Crippen molar-refractivity contribution in [3.63, 3.8) is 0 Å². The highest BCUT2D eigenvalue weighted by atomic mass is 16.5. The smallest absolute Gasteiger partial charge is 0.165 e. The van der Waals surface area contributed by atoms with Crippen molar-refractivity contribution in [3.05, 3.63) is 58.7 Å². The standard InChI is InChI=1S/C17H22N2O2/c1-11-8-9-12(2)14(10-11)16(19-18)13-6-5-7-15(20-3)17(13)21-4/h5-10,16,19H,18H2,1-4H3. The van der Waals surface area contributed by atoms with Gasteiger partial charge in [0.15, 0.2) is 11.5 Å². The normalized spacial score (nSPS) is 12.0. The highest BCUT2D eigenvalue weighted by molar-refractivity contribution is 5.51. The third-order valence-corrected chi connectivity index (χ3v) is 3.66. The number of rotatable bonds is 5. The SMILES string of the molecule is COc1cccc(C(NN)c2cc(C)ccc2C)c1OC. The van der Waals surface area contributed by atoms with E-state index in [9.17, 15) is 0 Å². The van der Waals surface area contributed by atoms with E-state index < -0.39 is 0 Å². The molecule has 1 unspecified atom stereocenters. The first-order valence-corrected chi connectivity index (χ1v) is 6.86. The number of nitrogens with two attached hydrogens (primary N) is 1. The molecule has 0 saturated carbocycles. The Bertz CT molecular complexity index is 626. The van der Waals surface area contributed by atoms with Gasteiger partial charge in [-0.2, -0.15) is 0 Å². The quantitative estimate of drug-likeness (QED) is 0.655. The molecule has 3 N–H and O–H groups in total. The van der Waals surface area contributed by atoms with Crippen LogP contribution in [0.3, 0.4) is 0 Å². The summed E-state index contributed by atoms with van der Waals surface area (Å²) in [6.45, 7) is 4.14. The van der Waals surface area contributed by atoms with Gasteiger partial charge in [0.1, 0.15) is 0 Å². The van der Waals surface area contributed by atoms with Crippen LogP contribution in [0.2, 0.25) is 0 Å². The Kier molecular flexibility index (Phi) is 4.83. The molecule has 4 heteroatoms. The molecular formula is C17H22N2O2. The van der Waals surface area contributed by atoms with Gasteiger partial charge >= 0.3 is 0 Å². The first kappa shape index (κ1) is 15.4. The molecule has 0 aliphatic heterocycles. The van der Waals surface area contributed by atoms with Crippen molar-refractivity contribution >= 4 is 0 Å². The molecule has 112 valence electrons. The Morgan fingerprint density at radius 3 is 2.38 bits per heavy atom. The van der Waals surface area contributed by atoms with Gasteiger partial charge in [0.2, 0.25) is 0 Å². The molecule has 0 radical (unpaired) electrons. The third kappa shape index (κ3) is 3.01. The van der Waals surface area contributed by atoms with Crippen molar-refractivity contribution in [1.82, 2.24) is 5.43 Å². The van der Waals surface area contributed by atoms with Crippen LogP contribution in [0.5, 0.6) is 11.5 Å². The summed E-state index contributed by atoms with van der Waals surface area (Å²) in [5, 5.41) is 0. The van der Waals surface area contributed by atoms with Crippen molar-refractivity contribution in [2.75, 3.05) is 14.2 Å². The van der Waals surface area contributed by atoms with Crippen LogP contribution >= 0.6 is 0 Å². The van der Waals surface area contributed by atoms with Gasteiger partial charge in [0.05, 0.1) is 20.3 Å². The second-order valence-corrected chi connectivity index (χ2v) is 5.04. The molecule has 0 amide bonds. The second-order valence-electron chi connectivity index (χ2n) is 5.04. The molecule has 4 nitrogen and oxygen atoms in total. The van der Waals surface area contributed by atoms with Gasteiger partial charge in [0.25, 0.3) is 0 Å². The summed E-state index contributed by atoms with van der Waals surface area (Å²) in [5.74, 6) is 7.22. The Morgan fingerprint density at radius 1 is 1.00 bits per heavy atom.